The van der Waals surface area contributed by atoms with Crippen LogP contribution in [0.25, 0.3) is 0 Å². The minimum atomic E-state index is -1.27. The van der Waals surface area contributed by atoms with Crippen LogP contribution in [0.15, 0.2) is 0 Å². The van der Waals surface area contributed by atoms with Crippen molar-refractivity contribution in [2.75, 3.05) is 65.4 Å². The van der Waals surface area contributed by atoms with Gasteiger partial charge in [-0.2, -0.15) is 0 Å². The quantitative estimate of drug-likeness (QED) is 0.0925. The topological polar surface area (TPSA) is 190 Å². The highest BCUT2D eigenvalue weighted by molar-refractivity contribution is 5.73. The Balaban J connectivity index is 5.05. The van der Waals surface area contributed by atoms with E-state index in [2.05, 4.69) is 5.32 Å². The third-order valence-electron chi connectivity index (χ3n) is 4.86. The molecule has 12 nitrogen and oxygen atoms in total. The van der Waals surface area contributed by atoms with Gasteiger partial charge in [-0.1, -0.05) is 19.3 Å². The highest BCUT2D eigenvalue weighted by Gasteiger charge is 2.36. The number of hydrogen-bond donors (Lipinski definition) is 6. The lowest BCUT2D eigenvalue weighted by Crippen LogP contribution is -2.59. The van der Waals surface area contributed by atoms with Crippen LogP contribution in [0, 0.1) is 0 Å². The molecule has 0 spiro atoms. The van der Waals surface area contributed by atoms with E-state index >= 15 is 0 Å². The fourth-order valence-electron chi connectivity index (χ4n) is 3.40. The van der Waals surface area contributed by atoms with E-state index in [4.69, 9.17) is 10.8 Å². The van der Waals surface area contributed by atoms with Gasteiger partial charge in [-0.25, -0.2) is 14.4 Å². The van der Waals surface area contributed by atoms with Crippen LogP contribution in [-0.2, 0) is 19.2 Å². The van der Waals surface area contributed by atoms with Gasteiger partial charge in [-0.15, -0.1) is 0 Å². The molecule has 0 aliphatic heterocycles. The summed E-state index contributed by atoms with van der Waals surface area (Å²) in [4.78, 5) is 46.5. The lowest BCUT2D eigenvalue weighted by molar-refractivity contribution is -0.907. The number of carbonyl (C=O) groups is 4. The maximum absolute atomic E-state index is 11.3. The molecule has 0 saturated carbocycles. The van der Waals surface area contributed by atoms with Crippen molar-refractivity contribution < 1.29 is 44.1 Å². The van der Waals surface area contributed by atoms with Gasteiger partial charge >= 0.3 is 23.9 Å². The first-order valence-corrected chi connectivity index (χ1v) is 10.5. The Hall–Kier alpha value is -2.28. The summed E-state index contributed by atoms with van der Waals surface area (Å²) in [7, 11) is 0. The number of quaternary nitrogens is 1. The van der Waals surface area contributed by atoms with Gasteiger partial charge in [-0.3, -0.25) is 14.2 Å². The van der Waals surface area contributed by atoms with Gasteiger partial charge in [0, 0.05) is 19.6 Å². The molecule has 7 N–H and O–H groups in total. The number of nitrogens with two attached hydrogens (primary N) is 1. The zero-order chi connectivity index (χ0) is 23.7. The number of nitrogens with zero attached hydrogens (tertiary/aromatic N) is 2. The van der Waals surface area contributed by atoms with Crippen molar-refractivity contribution >= 4 is 23.9 Å². The Kier molecular flexibility index (Phi) is 15.2. The number of carboxylic acids is 4. The average molecular weight is 450 g/mol. The molecule has 0 heterocycles. The summed E-state index contributed by atoms with van der Waals surface area (Å²) >= 11 is 0. The second-order valence-electron chi connectivity index (χ2n) is 7.69. The molecule has 0 aliphatic rings. The predicted octanol–water partition coefficient (Wildman–Crippen LogP) is -1.06. The zero-order valence-electron chi connectivity index (χ0n) is 18.0. The van der Waals surface area contributed by atoms with Crippen LogP contribution in [-0.4, -0.2) is 119 Å². The van der Waals surface area contributed by atoms with Gasteiger partial charge in [0.05, 0.1) is 13.1 Å². The first kappa shape index (κ1) is 28.7. The van der Waals surface area contributed by atoms with Crippen LogP contribution in [0.5, 0.6) is 0 Å². The lowest BCUT2D eigenvalue weighted by Gasteiger charge is -2.36. The number of aliphatic carboxylic acids is 4. The fraction of sp³-hybridized carbons (Fsp3) is 0.789. The van der Waals surface area contributed by atoms with E-state index in [0.29, 0.717) is 32.7 Å². The second kappa shape index (κ2) is 16.4. The third kappa shape index (κ3) is 16.1. The van der Waals surface area contributed by atoms with Crippen LogP contribution in [0.2, 0.25) is 0 Å². The summed E-state index contributed by atoms with van der Waals surface area (Å²) in [5, 5.41) is 39.2. The van der Waals surface area contributed by atoms with Crippen molar-refractivity contribution in [2.45, 2.75) is 32.1 Å². The summed E-state index contributed by atoms with van der Waals surface area (Å²) in [6.45, 7) is 0.489. The first-order chi connectivity index (χ1) is 14.6. The normalized spacial score (nSPS) is 11.5. The molecule has 12 heteroatoms. The highest BCUT2D eigenvalue weighted by Crippen LogP contribution is 2.10. The number of nitrogens with one attached hydrogen (secondary N) is 1. The molecule has 0 unspecified atom stereocenters. The standard InChI is InChI=1S/C19H36N4O8/c20-6-4-2-1-3-5-8-22(9-7-21-12-16(24)25)10-11-23(13-17(26)27,14-18(28)29)15-19(30)31/h21H,1-15,20H2,(H3-,24,25,26,27,28,29,30,31)/p+1. The molecule has 0 radical (unpaired) electrons. The van der Waals surface area contributed by atoms with Crippen molar-refractivity contribution in [2.24, 2.45) is 5.73 Å². The Morgan fingerprint density at radius 3 is 1.71 bits per heavy atom. The molecule has 0 bridgehead atoms. The number of rotatable bonds is 21. The lowest BCUT2D eigenvalue weighted by atomic mass is 10.1. The van der Waals surface area contributed by atoms with Crippen molar-refractivity contribution in [1.82, 2.24) is 10.2 Å². The molecule has 0 fully saturated rings. The second-order valence-corrected chi connectivity index (χ2v) is 7.69. The Morgan fingerprint density at radius 2 is 1.23 bits per heavy atom. The molecule has 0 saturated heterocycles. The Labute approximate surface area is 182 Å². The summed E-state index contributed by atoms with van der Waals surface area (Å²) in [5.41, 5.74) is 5.48. The molecular formula is C19H37N4O8+. The fourth-order valence-corrected chi connectivity index (χ4v) is 3.40. The van der Waals surface area contributed by atoms with E-state index in [0.717, 1.165) is 32.1 Å². The number of hydrogen-bond acceptors (Lipinski definition) is 7. The minimum Gasteiger partial charge on any atom is -0.480 e. The van der Waals surface area contributed by atoms with Gasteiger partial charge in [0.25, 0.3) is 0 Å². The molecule has 0 aromatic heterocycles. The van der Waals surface area contributed by atoms with Crippen molar-refractivity contribution in [3.63, 3.8) is 0 Å². The molecule has 0 aromatic carbocycles. The molecule has 0 aromatic rings. The smallest absolute Gasteiger partial charge is 0.359 e. The summed E-state index contributed by atoms with van der Waals surface area (Å²) in [6.07, 6.45) is 4.85. The summed E-state index contributed by atoms with van der Waals surface area (Å²) < 4.78 is -0.602. The maximum atomic E-state index is 11.3. The molecule has 0 atom stereocenters. The highest BCUT2D eigenvalue weighted by atomic mass is 16.4. The van der Waals surface area contributed by atoms with Crippen LogP contribution in [0.3, 0.4) is 0 Å². The number of unbranched alkanes of at least 4 members (excludes halogenated alkanes) is 4. The van der Waals surface area contributed by atoms with E-state index in [1.807, 2.05) is 4.90 Å². The van der Waals surface area contributed by atoms with E-state index < -0.39 is 48.0 Å². The van der Waals surface area contributed by atoms with Gasteiger partial charge in [0.2, 0.25) is 0 Å². The molecule has 180 valence electrons. The van der Waals surface area contributed by atoms with Gasteiger partial charge < -0.3 is 31.5 Å². The van der Waals surface area contributed by atoms with Crippen LogP contribution in [0.1, 0.15) is 32.1 Å². The molecule has 0 rings (SSSR count). The Bertz CT molecular complexity index is 532. The van der Waals surface area contributed by atoms with Crippen LogP contribution in [0.4, 0.5) is 0 Å². The van der Waals surface area contributed by atoms with Crippen molar-refractivity contribution in [3.8, 4) is 0 Å². The number of carboxylic acid groups (broad SMARTS) is 4. The van der Waals surface area contributed by atoms with E-state index in [-0.39, 0.29) is 13.1 Å². The largest absolute Gasteiger partial charge is 0.480 e. The van der Waals surface area contributed by atoms with Crippen LogP contribution < -0.4 is 11.1 Å². The minimum absolute atomic E-state index is 0.0387. The molecule has 0 amide bonds. The van der Waals surface area contributed by atoms with E-state index in [1.54, 1.807) is 0 Å². The molecule has 0 aliphatic carbocycles. The molecular weight excluding hydrogens is 412 g/mol. The van der Waals surface area contributed by atoms with Crippen molar-refractivity contribution in [3.05, 3.63) is 0 Å². The van der Waals surface area contributed by atoms with Crippen molar-refractivity contribution in [1.29, 1.82) is 0 Å². The van der Waals surface area contributed by atoms with E-state index in [1.165, 1.54) is 0 Å². The maximum Gasteiger partial charge on any atom is 0.359 e. The zero-order valence-corrected chi connectivity index (χ0v) is 18.0. The Morgan fingerprint density at radius 1 is 0.710 bits per heavy atom. The van der Waals surface area contributed by atoms with Gasteiger partial charge in [0.1, 0.15) is 0 Å². The summed E-state index contributed by atoms with van der Waals surface area (Å²) in [5.74, 6) is -4.78. The van der Waals surface area contributed by atoms with Gasteiger partial charge in [0.15, 0.2) is 19.6 Å². The predicted molar refractivity (Wildman–Crippen MR) is 112 cm³/mol. The van der Waals surface area contributed by atoms with E-state index in [9.17, 15) is 34.5 Å². The average Bonchev–Trinajstić information content (AvgIpc) is 2.63. The third-order valence-corrected chi connectivity index (χ3v) is 4.86. The monoisotopic (exact) mass is 449 g/mol. The molecule has 31 heavy (non-hydrogen) atoms. The first-order valence-electron chi connectivity index (χ1n) is 10.5. The van der Waals surface area contributed by atoms with Gasteiger partial charge in [-0.05, 0) is 25.9 Å². The van der Waals surface area contributed by atoms with Crippen LogP contribution >= 0.6 is 0 Å². The SMILES string of the molecule is NCCCCCCCN(CCNCC(=O)O)CC[N+](CC(=O)O)(CC(=O)O)CC(=O)O. The summed E-state index contributed by atoms with van der Waals surface area (Å²) in [6, 6.07) is 0.